The Bertz CT molecular complexity index is 796. The number of aromatic nitrogens is 1. The Morgan fingerprint density at radius 2 is 2.05 bits per heavy atom. The van der Waals surface area contributed by atoms with Crippen molar-refractivity contribution < 1.29 is 9.53 Å². The van der Waals surface area contributed by atoms with E-state index in [0.29, 0.717) is 16.3 Å². The van der Waals surface area contributed by atoms with Gasteiger partial charge in [-0.15, -0.1) is 11.3 Å². The molecule has 0 fully saturated rings. The minimum Gasteiger partial charge on any atom is -0.465 e. The van der Waals surface area contributed by atoms with E-state index in [9.17, 15) is 4.79 Å². The van der Waals surface area contributed by atoms with Gasteiger partial charge >= 0.3 is 5.97 Å². The summed E-state index contributed by atoms with van der Waals surface area (Å²) in [4.78, 5) is 16.8. The van der Waals surface area contributed by atoms with Gasteiger partial charge in [0.2, 0.25) is 0 Å². The van der Waals surface area contributed by atoms with Crippen LogP contribution in [0.2, 0.25) is 0 Å². The number of nitrogens with zero attached hydrogens (tertiary/aromatic N) is 1. The summed E-state index contributed by atoms with van der Waals surface area (Å²) in [6.07, 6.45) is 1.70. The van der Waals surface area contributed by atoms with Gasteiger partial charge in [0.05, 0.1) is 17.5 Å². The average Bonchev–Trinajstić information content (AvgIpc) is 2.88. The fourth-order valence-corrected chi connectivity index (χ4v) is 3.03. The molecule has 0 atom stereocenters. The Morgan fingerprint density at radius 3 is 2.76 bits per heavy atom. The molecule has 0 aliphatic carbocycles. The van der Waals surface area contributed by atoms with Crippen LogP contribution in [-0.2, 0) is 4.74 Å². The summed E-state index contributed by atoms with van der Waals surface area (Å²) < 4.78 is 5.77. The van der Waals surface area contributed by atoms with Gasteiger partial charge in [0.1, 0.15) is 10.4 Å². The second-order valence-corrected chi connectivity index (χ2v) is 5.45. The molecule has 5 nitrogen and oxygen atoms in total. The zero-order valence-corrected chi connectivity index (χ0v) is 12.1. The molecule has 0 aliphatic heterocycles. The van der Waals surface area contributed by atoms with Gasteiger partial charge in [-0.25, -0.2) is 4.79 Å². The highest BCUT2D eigenvalue weighted by Gasteiger charge is 2.20. The number of hydrogen-bond acceptors (Lipinski definition) is 6. The van der Waals surface area contributed by atoms with Crippen molar-refractivity contribution in [2.24, 2.45) is 0 Å². The summed E-state index contributed by atoms with van der Waals surface area (Å²) in [6, 6.07) is 11.1. The number of nitrogens with one attached hydrogen (secondary N) is 1. The number of thiophene rings is 1. The number of methoxy groups -OCH3 is 1. The van der Waals surface area contributed by atoms with Crippen LogP contribution < -0.4 is 11.1 Å². The Kier molecular flexibility index (Phi) is 3.45. The standard InChI is InChI=1S/C15H13N3O2S/c1-20-15(19)14-13(12-11(21-14)3-2-8-17-12)18-10-6-4-9(16)5-7-10/h2-8,18H,16H2,1H3. The number of carbonyl (C=O) groups excluding carboxylic acids is 1. The third-order valence-electron chi connectivity index (χ3n) is 3.00. The summed E-state index contributed by atoms with van der Waals surface area (Å²) in [7, 11) is 1.37. The number of ether oxygens (including phenoxy) is 1. The largest absolute Gasteiger partial charge is 0.465 e. The molecule has 0 amide bonds. The average molecular weight is 299 g/mol. The van der Waals surface area contributed by atoms with Crippen LogP contribution in [0.5, 0.6) is 0 Å². The first-order valence-corrected chi connectivity index (χ1v) is 7.09. The number of hydrogen-bond donors (Lipinski definition) is 2. The lowest BCUT2D eigenvalue weighted by atomic mass is 10.2. The monoisotopic (exact) mass is 299 g/mol. The van der Waals surface area contributed by atoms with Crippen molar-refractivity contribution in [3.8, 4) is 0 Å². The van der Waals surface area contributed by atoms with E-state index in [4.69, 9.17) is 10.5 Å². The minimum atomic E-state index is -0.379. The number of nitrogen functional groups attached to an aromatic ring is 1. The minimum absolute atomic E-state index is 0.379. The fraction of sp³-hybridized carbons (Fsp3) is 0.0667. The molecule has 0 radical (unpaired) electrons. The van der Waals surface area contributed by atoms with Crippen LogP contribution in [0, 0.1) is 0 Å². The topological polar surface area (TPSA) is 77.2 Å². The van der Waals surface area contributed by atoms with Crippen LogP contribution in [0.25, 0.3) is 10.2 Å². The summed E-state index contributed by atoms with van der Waals surface area (Å²) in [6.45, 7) is 0. The molecule has 106 valence electrons. The number of carbonyl (C=O) groups is 1. The van der Waals surface area contributed by atoms with Crippen LogP contribution in [0.15, 0.2) is 42.6 Å². The molecular formula is C15H13N3O2S. The first kappa shape index (κ1) is 13.4. The van der Waals surface area contributed by atoms with Gasteiger partial charge in [-0.1, -0.05) is 0 Å². The molecule has 3 aromatic rings. The molecule has 0 unspecified atom stereocenters. The Labute approximate surface area is 125 Å². The number of pyridine rings is 1. The van der Waals surface area contributed by atoms with Gasteiger partial charge in [-0.05, 0) is 36.4 Å². The second-order valence-electron chi connectivity index (χ2n) is 4.39. The zero-order chi connectivity index (χ0) is 14.8. The maximum atomic E-state index is 11.9. The molecule has 21 heavy (non-hydrogen) atoms. The van der Waals surface area contributed by atoms with E-state index in [-0.39, 0.29) is 5.97 Å². The molecule has 0 aliphatic rings. The van der Waals surface area contributed by atoms with Crippen LogP contribution in [-0.4, -0.2) is 18.1 Å². The van der Waals surface area contributed by atoms with E-state index in [1.165, 1.54) is 18.4 Å². The van der Waals surface area contributed by atoms with Crippen molar-refractivity contribution in [2.45, 2.75) is 0 Å². The summed E-state index contributed by atoms with van der Waals surface area (Å²) >= 11 is 1.35. The lowest BCUT2D eigenvalue weighted by molar-refractivity contribution is 0.0607. The molecule has 1 aromatic carbocycles. The van der Waals surface area contributed by atoms with Gasteiger partial charge < -0.3 is 15.8 Å². The van der Waals surface area contributed by atoms with E-state index in [1.54, 1.807) is 18.3 Å². The number of benzene rings is 1. The van der Waals surface area contributed by atoms with Crippen LogP contribution in [0.3, 0.4) is 0 Å². The molecule has 3 N–H and O–H groups in total. The van der Waals surface area contributed by atoms with E-state index >= 15 is 0 Å². The Balaban J connectivity index is 2.10. The predicted octanol–water partition coefficient (Wildman–Crippen LogP) is 3.41. The number of anilines is 3. The smallest absolute Gasteiger partial charge is 0.350 e. The normalized spacial score (nSPS) is 10.5. The van der Waals surface area contributed by atoms with Crippen molar-refractivity contribution >= 4 is 44.6 Å². The number of rotatable bonds is 3. The van der Waals surface area contributed by atoms with Crippen LogP contribution >= 0.6 is 11.3 Å². The van der Waals surface area contributed by atoms with E-state index < -0.39 is 0 Å². The molecule has 0 saturated heterocycles. The quantitative estimate of drug-likeness (QED) is 0.572. The molecule has 2 aromatic heterocycles. The van der Waals surface area contributed by atoms with Gasteiger partial charge in [0.15, 0.2) is 0 Å². The fourth-order valence-electron chi connectivity index (χ4n) is 1.99. The van der Waals surface area contributed by atoms with Gasteiger partial charge in [0, 0.05) is 17.6 Å². The van der Waals surface area contributed by atoms with Crippen LogP contribution in [0.4, 0.5) is 17.1 Å². The maximum absolute atomic E-state index is 11.9. The SMILES string of the molecule is COC(=O)c1sc2cccnc2c1Nc1ccc(N)cc1. The highest BCUT2D eigenvalue weighted by Crippen LogP contribution is 2.36. The maximum Gasteiger partial charge on any atom is 0.350 e. The van der Waals surface area contributed by atoms with Gasteiger partial charge in [-0.3, -0.25) is 4.98 Å². The third-order valence-corrected chi connectivity index (χ3v) is 4.12. The van der Waals surface area contributed by atoms with Crippen molar-refractivity contribution in [3.05, 3.63) is 47.5 Å². The lowest BCUT2D eigenvalue weighted by Gasteiger charge is -2.07. The molecular weight excluding hydrogens is 286 g/mol. The summed E-state index contributed by atoms with van der Waals surface area (Å²) in [5.41, 5.74) is 8.60. The van der Waals surface area contributed by atoms with Gasteiger partial charge in [0.25, 0.3) is 0 Å². The van der Waals surface area contributed by atoms with Crippen LogP contribution in [0.1, 0.15) is 9.67 Å². The van der Waals surface area contributed by atoms with Crippen molar-refractivity contribution in [3.63, 3.8) is 0 Å². The number of esters is 1. The first-order valence-electron chi connectivity index (χ1n) is 6.27. The third kappa shape index (κ3) is 2.53. The predicted molar refractivity (Wildman–Crippen MR) is 85.1 cm³/mol. The molecule has 0 spiro atoms. The number of nitrogens with two attached hydrogens (primary N) is 1. The second kappa shape index (κ2) is 5.41. The molecule has 0 bridgehead atoms. The molecule has 3 rings (SSSR count). The lowest BCUT2D eigenvalue weighted by Crippen LogP contribution is -2.02. The molecule has 6 heteroatoms. The first-order chi connectivity index (χ1) is 10.2. The van der Waals surface area contributed by atoms with E-state index in [2.05, 4.69) is 10.3 Å². The molecule has 2 heterocycles. The van der Waals surface area contributed by atoms with Gasteiger partial charge in [-0.2, -0.15) is 0 Å². The zero-order valence-electron chi connectivity index (χ0n) is 11.3. The summed E-state index contributed by atoms with van der Waals surface area (Å²) in [5.74, 6) is -0.379. The van der Waals surface area contributed by atoms with Crippen molar-refractivity contribution in [2.75, 3.05) is 18.2 Å². The number of fused-ring (bicyclic) bond motifs is 1. The highest BCUT2D eigenvalue weighted by atomic mass is 32.1. The Morgan fingerprint density at radius 1 is 1.29 bits per heavy atom. The Hall–Kier alpha value is -2.60. The molecule has 0 saturated carbocycles. The van der Waals surface area contributed by atoms with E-state index in [0.717, 1.165) is 15.9 Å². The van der Waals surface area contributed by atoms with Crippen molar-refractivity contribution in [1.82, 2.24) is 4.98 Å². The van der Waals surface area contributed by atoms with Crippen molar-refractivity contribution in [1.29, 1.82) is 0 Å². The highest BCUT2D eigenvalue weighted by molar-refractivity contribution is 7.21. The summed E-state index contributed by atoms with van der Waals surface area (Å²) in [5, 5.41) is 3.23. The van der Waals surface area contributed by atoms with E-state index in [1.807, 2.05) is 24.3 Å².